The highest BCUT2D eigenvalue weighted by atomic mass is 35.5. The number of benzene rings is 1. The van der Waals surface area contributed by atoms with Crippen LogP contribution in [0.1, 0.15) is 20.3 Å². The van der Waals surface area contributed by atoms with Crippen molar-refractivity contribution in [2.24, 2.45) is 5.92 Å². The molecular weight excluding hydrogens is 368 g/mol. The second-order valence-corrected chi connectivity index (χ2v) is 7.73. The molecule has 0 radical (unpaired) electrons. The van der Waals surface area contributed by atoms with E-state index in [1.54, 1.807) is 39.0 Å². The lowest BCUT2D eigenvalue weighted by Gasteiger charge is -2.35. The lowest BCUT2D eigenvalue weighted by molar-refractivity contribution is -0.137. The van der Waals surface area contributed by atoms with Crippen molar-refractivity contribution in [3.8, 4) is 0 Å². The third kappa shape index (κ3) is 4.53. The first-order chi connectivity index (χ1) is 12.8. The zero-order chi connectivity index (χ0) is 19.6. The molecule has 1 unspecified atom stereocenters. The molecule has 7 nitrogen and oxygen atoms in total. The Labute approximate surface area is 164 Å². The van der Waals surface area contributed by atoms with Crippen LogP contribution in [-0.4, -0.2) is 71.3 Å². The van der Waals surface area contributed by atoms with E-state index < -0.39 is 0 Å². The number of hydrogen-bond donors (Lipinski definition) is 1. The molecule has 1 atom stereocenters. The average Bonchev–Trinajstić information content (AvgIpc) is 3.03. The lowest BCUT2D eigenvalue weighted by atomic mass is 10.1. The number of carbonyl (C=O) groups excluding carboxylic acids is 3. The maximum Gasteiger partial charge on any atom is 0.321 e. The molecule has 2 heterocycles. The summed E-state index contributed by atoms with van der Waals surface area (Å²) in [7, 11) is 0. The lowest BCUT2D eigenvalue weighted by Crippen LogP contribution is -2.53. The van der Waals surface area contributed by atoms with Gasteiger partial charge in [-0.3, -0.25) is 9.59 Å². The molecule has 2 fully saturated rings. The van der Waals surface area contributed by atoms with E-state index in [2.05, 4.69) is 5.32 Å². The quantitative estimate of drug-likeness (QED) is 0.857. The Kier molecular flexibility index (Phi) is 5.89. The van der Waals surface area contributed by atoms with Crippen LogP contribution in [0.5, 0.6) is 0 Å². The van der Waals surface area contributed by atoms with Gasteiger partial charge in [-0.15, -0.1) is 0 Å². The predicted octanol–water partition coefficient (Wildman–Crippen LogP) is 2.27. The summed E-state index contributed by atoms with van der Waals surface area (Å²) < 4.78 is 0. The van der Waals surface area contributed by atoms with Crippen molar-refractivity contribution in [1.82, 2.24) is 14.7 Å². The summed E-state index contributed by atoms with van der Waals surface area (Å²) >= 11 is 5.93. The summed E-state index contributed by atoms with van der Waals surface area (Å²) in [5.41, 5.74) is 0.643. The van der Waals surface area contributed by atoms with E-state index in [1.807, 2.05) is 13.8 Å². The molecule has 2 saturated heterocycles. The van der Waals surface area contributed by atoms with Crippen LogP contribution in [0.3, 0.4) is 0 Å². The average molecular weight is 393 g/mol. The van der Waals surface area contributed by atoms with Gasteiger partial charge in [0.2, 0.25) is 11.8 Å². The number of rotatable bonds is 3. The molecule has 1 aromatic rings. The van der Waals surface area contributed by atoms with E-state index in [9.17, 15) is 14.4 Å². The summed E-state index contributed by atoms with van der Waals surface area (Å²) in [5.74, 6) is -0.212. The van der Waals surface area contributed by atoms with Crippen molar-refractivity contribution < 1.29 is 14.4 Å². The van der Waals surface area contributed by atoms with Gasteiger partial charge in [-0.25, -0.2) is 4.79 Å². The van der Waals surface area contributed by atoms with Gasteiger partial charge in [0, 0.05) is 55.9 Å². The topological polar surface area (TPSA) is 73.0 Å². The molecule has 4 amide bonds. The number of likely N-dealkylation sites (tertiary alicyclic amines) is 1. The van der Waals surface area contributed by atoms with Gasteiger partial charge in [0.15, 0.2) is 0 Å². The van der Waals surface area contributed by atoms with E-state index in [0.29, 0.717) is 43.4 Å². The van der Waals surface area contributed by atoms with Gasteiger partial charge in [0.25, 0.3) is 0 Å². The molecular formula is C19H25ClN4O3. The SMILES string of the molecule is CC(C)N1CC(C(=O)N2CCN(C(=O)Nc3cccc(Cl)c3)CC2)CC1=O. The van der Waals surface area contributed by atoms with Crippen LogP contribution in [0.2, 0.25) is 5.02 Å². The number of piperazine rings is 1. The highest BCUT2D eigenvalue weighted by molar-refractivity contribution is 6.30. The number of hydrogen-bond acceptors (Lipinski definition) is 3. The summed E-state index contributed by atoms with van der Waals surface area (Å²) in [6.07, 6.45) is 0.284. The van der Waals surface area contributed by atoms with E-state index >= 15 is 0 Å². The number of nitrogens with one attached hydrogen (secondary N) is 1. The molecule has 1 N–H and O–H groups in total. The standard InChI is InChI=1S/C19H25ClN4O3/c1-13(2)24-12-14(10-17(24)25)18(26)22-6-8-23(9-7-22)19(27)21-16-5-3-4-15(20)11-16/h3-5,11,13-14H,6-10,12H2,1-2H3,(H,21,27). The van der Waals surface area contributed by atoms with Crippen LogP contribution >= 0.6 is 11.6 Å². The minimum absolute atomic E-state index is 0.0152. The Bertz CT molecular complexity index is 731. The number of halogens is 1. The monoisotopic (exact) mass is 392 g/mol. The molecule has 0 aliphatic carbocycles. The minimum Gasteiger partial charge on any atom is -0.339 e. The normalized spacial score (nSPS) is 20.4. The fraction of sp³-hybridized carbons (Fsp3) is 0.526. The Hall–Kier alpha value is -2.28. The first kappa shape index (κ1) is 19.5. The van der Waals surface area contributed by atoms with Crippen LogP contribution < -0.4 is 5.32 Å². The Morgan fingerprint density at radius 1 is 1.15 bits per heavy atom. The van der Waals surface area contributed by atoms with Crippen molar-refractivity contribution in [3.63, 3.8) is 0 Å². The highest BCUT2D eigenvalue weighted by Crippen LogP contribution is 2.23. The second kappa shape index (κ2) is 8.17. The number of anilines is 1. The molecule has 1 aromatic carbocycles. The fourth-order valence-electron chi connectivity index (χ4n) is 3.55. The first-order valence-electron chi connectivity index (χ1n) is 9.25. The largest absolute Gasteiger partial charge is 0.339 e. The highest BCUT2D eigenvalue weighted by Gasteiger charge is 2.38. The van der Waals surface area contributed by atoms with Crippen LogP contribution in [0.4, 0.5) is 10.5 Å². The summed E-state index contributed by atoms with van der Waals surface area (Å²) in [5, 5.41) is 3.38. The van der Waals surface area contributed by atoms with Crippen LogP contribution in [0.15, 0.2) is 24.3 Å². The number of urea groups is 1. The number of amides is 4. The van der Waals surface area contributed by atoms with Gasteiger partial charge in [0.1, 0.15) is 0 Å². The van der Waals surface area contributed by atoms with Crippen molar-refractivity contribution in [2.75, 3.05) is 38.0 Å². The summed E-state index contributed by atoms with van der Waals surface area (Å²) in [6, 6.07) is 6.90. The maximum atomic E-state index is 12.7. The molecule has 27 heavy (non-hydrogen) atoms. The van der Waals surface area contributed by atoms with Gasteiger partial charge in [-0.05, 0) is 32.0 Å². The fourth-order valence-corrected chi connectivity index (χ4v) is 3.74. The first-order valence-corrected chi connectivity index (χ1v) is 9.62. The van der Waals surface area contributed by atoms with E-state index in [-0.39, 0.29) is 36.2 Å². The van der Waals surface area contributed by atoms with Crippen molar-refractivity contribution in [3.05, 3.63) is 29.3 Å². The molecule has 3 rings (SSSR count). The Morgan fingerprint density at radius 2 is 1.81 bits per heavy atom. The zero-order valence-electron chi connectivity index (χ0n) is 15.7. The van der Waals surface area contributed by atoms with E-state index in [4.69, 9.17) is 11.6 Å². The van der Waals surface area contributed by atoms with Gasteiger partial charge in [-0.1, -0.05) is 17.7 Å². The van der Waals surface area contributed by atoms with E-state index in [1.165, 1.54) is 0 Å². The van der Waals surface area contributed by atoms with Crippen LogP contribution in [-0.2, 0) is 9.59 Å². The summed E-state index contributed by atoms with van der Waals surface area (Å²) in [6.45, 7) is 6.30. The van der Waals surface area contributed by atoms with Crippen molar-refractivity contribution in [2.45, 2.75) is 26.3 Å². The third-order valence-corrected chi connectivity index (χ3v) is 5.32. The molecule has 2 aliphatic heterocycles. The van der Waals surface area contributed by atoms with Gasteiger partial charge >= 0.3 is 6.03 Å². The van der Waals surface area contributed by atoms with Gasteiger partial charge < -0.3 is 20.0 Å². The zero-order valence-corrected chi connectivity index (χ0v) is 16.4. The van der Waals surface area contributed by atoms with Crippen molar-refractivity contribution >= 4 is 35.1 Å². The number of nitrogens with zero attached hydrogens (tertiary/aromatic N) is 3. The second-order valence-electron chi connectivity index (χ2n) is 7.29. The molecule has 2 aliphatic rings. The van der Waals surface area contributed by atoms with Gasteiger partial charge in [0.05, 0.1) is 5.92 Å². The molecule has 0 spiro atoms. The molecule has 8 heteroatoms. The Morgan fingerprint density at radius 3 is 2.41 bits per heavy atom. The summed E-state index contributed by atoms with van der Waals surface area (Å²) in [4.78, 5) is 42.4. The molecule has 146 valence electrons. The van der Waals surface area contributed by atoms with Crippen LogP contribution in [0, 0.1) is 5.92 Å². The maximum absolute atomic E-state index is 12.7. The number of carbonyl (C=O) groups is 3. The molecule has 0 saturated carbocycles. The molecule has 0 aromatic heterocycles. The minimum atomic E-state index is -0.272. The third-order valence-electron chi connectivity index (χ3n) is 5.09. The van der Waals surface area contributed by atoms with Crippen molar-refractivity contribution in [1.29, 1.82) is 0 Å². The predicted molar refractivity (Wildman–Crippen MR) is 104 cm³/mol. The molecule has 0 bridgehead atoms. The van der Waals surface area contributed by atoms with Crippen LogP contribution in [0.25, 0.3) is 0 Å². The van der Waals surface area contributed by atoms with Gasteiger partial charge in [-0.2, -0.15) is 0 Å². The van der Waals surface area contributed by atoms with E-state index in [0.717, 1.165) is 0 Å². The smallest absolute Gasteiger partial charge is 0.321 e. The Balaban J connectivity index is 1.50.